The Morgan fingerprint density at radius 1 is 1.02 bits per heavy atom. The molecule has 2 aliphatic heterocycles. The van der Waals surface area contributed by atoms with Gasteiger partial charge in [0, 0.05) is 33.2 Å². The number of fused-ring (bicyclic) bond motifs is 3. The van der Waals surface area contributed by atoms with Gasteiger partial charge in [-0.1, -0.05) is 53.7 Å². The molecule has 3 heterocycles. The van der Waals surface area contributed by atoms with Crippen molar-refractivity contribution < 1.29 is 19.1 Å². The molecule has 3 N–H and O–H groups in total. The number of amides is 3. The molecule has 6 rings (SSSR count). The number of hydrogen-bond acceptors (Lipinski definition) is 5. The molecule has 0 spiro atoms. The number of para-hydroxylation sites is 1. The third-order valence-electron chi connectivity index (χ3n) is 7.33. The lowest BCUT2D eigenvalue weighted by molar-refractivity contribution is -0.137. The van der Waals surface area contributed by atoms with Crippen molar-refractivity contribution in [3.05, 3.63) is 82.5 Å². The highest BCUT2D eigenvalue weighted by Crippen LogP contribution is 2.47. The van der Waals surface area contributed by atoms with Gasteiger partial charge < -0.3 is 25.3 Å². The van der Waals surface area contributed by atoms with Gasteiger partial charge in [-0.3, -0.25) is 14.4 Å². The van der Waals surface area contributed by atoms with Crippen LogP contribution in [0.5, 0.6) is 11.5 Å². The number of carbonyl (C=O) groups is 3. The van der Waals surface area contributed by atoms with Crippen molar-refractivity contribution in [3.8, 4) is 11.5 Å². The third kappa shape index (κ3) is 5.85. The maximum atomic E-state index is 13.3. The summed E-state index contributed by atoms with van der Waals surface area (Å²) in [6.45, 7) is 4.63. The summed E-state index contributed by atoms with van der Waals surface area (Å²) in [4.78, 5) is 46.3. The van der Waals surface area contributed by atoms with E-state index >= 15 is 0 Å². The molecule has 41 heavy (non-hydrogen) atoms. The zero-order chi connectivity index (χ0) is 28.7. The molecular formula is C31H29BrN4O4S. The number of carbonyl (C=O) groups excluding carboxylic acids is 3. The van der Waals surface area contributed by atoms with Gasteiger partial charge in [-0.15, -0.1) is 0 Å². The quantitative estimate of drug-likeness (QED) is 0.218. The van der Waals surface area contributed by atoms with Crippen molar-refractivity contribution in [2.75, 3.05) is 13.1 Å². The Bertz CT molecular complexity index is 1680. The van der Waals surface area contributed by atoms with Crippen LogP contribution in [-0.4, -0.2) is 46.7 Å². The Kier molecular flexibility index (Phi) is 7.29. The second kappa shape index (κ2) is 10.9. The average molecular weight is 634 g/mol. The molecule has 1 saturated heterocycles. The number of aromatic amines is 1. The van der Waals surface area contributed by atoms with Crippen molar-refractivity contribution in [1.29, 1.82) is 0 Å². The van der Waals surface area contributed by atoms with Crippen LogP contribution in [0.25, 0.3) is 10.9 Å². The minimum absolute atomic E-state index is 0.203. The molecule has 10 heteroatoms. The van der Waals surface area contributed by atoms with Crippen LogP contribution in [0, 0.1) is 5.41 Å². The Morgan fingerprint density at radius 2 is 1.83 bits per heavy atom. The predicted molar refractivity (Wildman–Crippen MR) is 161 cm³/mol. The molecule has 3 amide bonds. The van der Waals surface area contributed by atoms with Crippen LogP contribution in [0.15, 0.2) is 81.0 Å². The highest BCUT2D eigenvalue weighted by molar-refractivity contribution is 9.10. The fraction of sp³-hybridized carbons (Fsp3) is 0.258. The first-order valence-electron chi connectivity index (χ1n) is 13.4. The largest absolute Gasteiger partial charge is 0.455 e. The van der Waals surface area contributed by atoms with E-state index in [9.17, 15) is 14.4 Å². The van der Waals surface area contributed by atoms with Crippen molar-refractivity contribution in [2.45, 2.75) is 42.6 Å². The molecule has 210 valence electrons. The van der Waals surface area contributed by atoms with Gasteiger partial charge in [0.05, 0.1) is 22.9 Å². The lowest BCUT2D eigenvalue weighted by Gasteiger charge is -2.24. The summed E-state index contributed by atoms with van der Waals surface area (Å²) in [5.41, 5.74) is 2.04. The second-order valence-corrected chi connectivity index (χ2v) is 13.1. The van der Waals surface area contributed by atoms with Gasteiger partial charge in [0.1, 0.15) is 17.5 Å². The molecule has 4 aromatic rings. The summed E-state index contributed by atoms with van der Waals surface area (Å²) in [7, 11) is 0. The lowest BCUT2D eigenvalue weighted by atomic mass is 9.90. The van der Waals surface area contributed by atoms with Crippen molar-refractivity contribution in [3.63, 3.8) is 0 Å². The van der Waals surface area contributed by atoms with Crippen LogP contribution in [0.2, 0.25) is 0 Å². The summed E-state index contributed by atoms with van der Waals surface area (Å²) in [6.07, 6.45) is 0.541. The van der Waals surface area contributed by atoms with Crippen LogP contribution >= 0.6 is 27.7 Å². The maximum absolute atomic E-state index is 13.3. The van der Waals surface area contributed by atoms with Crippen LogP contribution in [0.4, 0.5) is 0 Å². The summed E-state index contributed by atoms with van der Waals surface area (Å²) in [5, 5.41) is 6.77. The maximum Gasteiger partial charge on any atom is 0.251 e. The number of ether oxygens (including phenoxy) is 1. The molecule has 0 saturated carbocycles. The van der Waals surface area contributed by atoms with E-state index in [4.69, 9.17) is 4.74 Å². The first kappa shape index (κ1) is 27.4. The highest BCUT2D eigenvalue weighted by Gasteiger charge is 2.43. The number of halogens is 1. The minimum Gasteiger partial charge on any atom is -0.455 e. The van der Waals surface area contributed by atoms with Crippen LogP contribution in [0.1, 0.15) is 36.3 Å². The average Bonchev–Trinajstić information content (AvgIpc) is 3.52. The summed E-state index contributed by atoms with van der Waals surface area (Å²) >= 11 is 5.07. The topological polar surface area (TPSA) is 104 Å². The molecule has 3 aromatic carbocycles. The Morgan fingerprint density at radius 3 is 2.68 bits per heavy atom. The lowest BCUT2D eigenvalue weighted by Crippen LogP contribution is -2.49. The van der Waals surface area contributed by atoms with Gasteiger partial charge in [0.25, 0.3) is 5.91 Å². The molecule has 1 atom stereocenters. The van der Waals surface area contributed by atoms with Crippen LogP contribution in [-0.2, 0) is 16.1 Å². The van der Waals surface area contributed by atoms with E-state index in [-0.39, 0.29) is 29.7 Å². The molecule has 0 bridgehead atoms. The number of H-pyrrole nitrogens is 1. The van der Waals surface area contributed by atoms with E-state index in [0.717, 1.165) is 36.6 Å². The summed E-state index contributed by atoms with van der Waals surface area (Å²) in [5.74, 6) is 0.473. The number of likely N-dealkylation sites (tertiary alicyclic amines) is 1. The third-order valence-corrected chi connectivity index (χ3v) is 8.94. The minimum atomic E-state index is -0.609. The number of hydrogen-bond donors (Lipinski definition) is 3. The van der Waals surface area contributed by atoms with Crippen molar-refractivity contribution >= 4 is 56.3 Å². The predicted octanol–water partition coefficient (Wildman–Crippen LogP) is 5.86. The number of rotatable bonds is 6. The SMILES string of the molecule is CC1(C)C[C@@H](C(=O)NCc2cc3cc(Br)ccc3[nH]2)N(C(=O)CNC(=O)c2ccc3c(c2)Oc2ccccc2S3)C1. The highest BCUT2D eigenvalue weighted by atomic mass is 79.9. The first-order valence-corrected chi connectivity index (χ1v) is 15.0. The molecule has 2 aliphatic rings. The zero-order valence-corrected chi connectivity index (χ0v) is 25.0. The van der Waals surface area contributed by atoms with Crippen molar-refractivity contribution in [2.24, 2.45) is 5.41 Å². The smallest absolute Gasteiger partial charge is 0.251 e. The van der Waals surface area contributed by atoms with E-state index in [2.05, 4.69) is 31.5 Å². The van der Waals surface area contributed by atoms with E-state index in [1.165, 1.54) is 0 Å². The van der Waals surface area contributed by atoms with Gasteiger partial charge in [0.15, 0.2) is 0 Å². The van der Waals surface area contributed by atoms with Gasteiger partial charge in [-0.05, 0) is 66.4 Å². The van der Waals surface area contributed by atoms with E-state index in [1.54, 1.807) is 28.8 Å². The molecule has 0 aliphatic carbocycles. The molecular weight excluding hydrogens is 604 g/mol. The number of nitrogens with zero attached hydrogens (tertiary/aromatic N) is 1. The van der Waals surface area contributed by atoms with Gasteiger partial charge in [-0.25, -0.2) is 0 Å². The Balaban J connectivity index is 1.08. The zero-order valence-electron chi connectivity index (χ0n) is 22.6. The van der Waals surface area contributed by atoms with E-state index in [0.29, 0.717) is 30.8 Å². The van der Waals surface area contributed by atoms with Gasteiger partial charge in [-0.2, -0.15) is 0 Å². The van der Waals surface area contributed by atoms with Gasteiger partial charge in [0.2, 0.25) is 11.8 Å². The van der Waals surface area contributed by atoms with Gasteiger partial charge >= 0.3 is 0 Å². The summed E-state index contributed by atoms with van der Waals surface area (Å²) in [6, 6.07) is 20.3. The molecule has 0 radical (unpaired) electrons. The second-order valence-electron chi connectivity index (χ2n) is 11.1. The monoisotopic (exact) mass is 632 g/mol. The van der Waals surface area contributed by atoms with E-state index in [1.807, 2.05) is 68.4 Å². The molecule has 1 fully saturated rings. The van der Waals surface area contributed by atoms with Crippen molar-refractivity contribution in [1.82, 2.24) is 20.5 Å². The fourth-order valence-electron chi connectivity index (χ4n) is 5.35. The first-order chi connectivity index (χ1) is 19.6. The Labute approximate surface area is 250 Å². The normalized spacial score (nSPS) is 17.0. The molecule has 0 unspecified atom stereocenters. The Hall–Kier alpha value is -3.76. The number of nitrogens with one attached hydrogen (secondary N) is 3. The standard InChI is InChI=1S/C31H29BrN4O4S/c1-31(2)14-23(30(39)33-15-21-12-19-11-20(32)8-9-22(19)35-21)36(17-31)28(37)16-34-29(38)18-7-10-27-25(13-18)40-24-5-3-4-6-26(24)41-27/h3-13,23,35H,14-17H2,1-2H3,(H,33,39)(H,34,38)/t23-/m0/s1. The number of aromatic nitrogens is 1. The fourth-order valence-corrected chi connectivity index (χ4v) is 6.66. The molecule has 8 nitrogen and oxygen atoms in total. The van der Waals surface area contributed by atoms with Crippen LogP contribution < -0.4 is 15.4 Å². The van der Waals surface area contributed by atoms with E-state index < -0.39 is 6.04 Å². The molecule has 1 aromatic heterocycles. The van der Waals surface area contributed by atoms with Crippen LogP contribution in [0.3, 0.4) is 0 Å². The number of benzene rings is 3. The summed E-state index contributed by atoms with van der Waals surface area (Å²) < 4.78 is 6.98.